The van der Waals surface area contributed by atoms with Crippen molar-refractivity contribution in [2.24, 2.45) is 0 Å². The highest BCUT2D eigenvalue weighted by atomic mass is 16.2. The number of carbonyl (C=O) groups is 3. The zero-order chi connectivity index (χ0) is 24.5. The molecule has 10 nitrogen and oxygen atoms in total. The van der Waals surface area contributed by atoms with Crippen LogP contribution in [0.3, 0.4) is 0 Å². The first kappa shape index (κ1) is 22.7. The predicted molar refractivity (Wildman–Crippen MR) is 128 cm³/mol. The summed E-state index contributed by atoms with van der Waals surface area (Å²) < 4.78 is 1.94. The number of imidazole rings is 1. The average Bonchev–Trinajstić information content (AvgIpc) is 3.35. The Kier molecular flexibility index (Phi) is 6.02. The molecule has 10 heteroatoms. The second-order valence-corrected chi connectivity index (χ2v) is 8.80. The monoisotopic (exact) mass is 473 g/mol. The van der Waals surface area contributed by atoms with Crippen molar-refractivity contribution in [3.8, 4) is 5.82 Å². The van der Waals surface area contributed by atoms with Gasteiger partial charge in [0.05, 0.1) is 16.8 Å². The standard InChI is InChI=1S/C25H27N7O3/c1-17-18(2)32(16-28-17)22-14-21(26-15-27-22)29-10-12-30(13-11-29)23(33)8-5-9-31-24(34)19-6-3-4-7-20(19)25(31)35/h3-4,6-7,14-16H,5,8-13H2,1-2H3. The number of anilines is 1. The molecule has 0 bridgehead atoms. The Labute approximate surface area is 203 Å². The minimum Gasteiger partial charge on any atom is -0.353 e. The number of rotatable bonds is 6. The second-order valence-electron chi connectivity index (χ2n) is 8.80. The molecular weight excluding hydrogens is 446 g/mol. The van der Waals surface area contributed by atoms with Crippen LogP contribution in [0.25, 0.3) is 5.82 Å². The molecule has 2 aliphatic heterocycles. The highest BCUT2D eigenvalue weighted by Crippen LogP contribution is 2.23. The molecule has 2 aliphatic rings. The van der Waals surface area contributed by atoms with E-state index in [2.05, 4.69) is 19.9 Å². The lowest BCUT2D eigenvalue weighted by Crippen LogP contribution is -2.49. The van der Waals surface area contributed by atoms with Crippen molar-refractivity contribution in [3.63, 3.8) is 0 Å². The van der Waals surface area contributed by atoms with Crippen LogP contribution in [-0.2, 0) is 4.79 Å². The molecular formula is C25H27N7O3. The maximum atomic E-state index is 12.8. The fraction of sp³-hybridized carbons (Fsp3) is 0.360. The van der Waals surface area contributed by atoms with E-state index in [-0.39, 0.29) is 24.3 Å². The number of fused-ring (bicyclic) bond motifs is 1. The molecule has 35 heavy (non-hydrogen) atoms. The number of amides is 3. The van der Waals surface area contributed by atoms with Gasteiger partial charge in [-0.3, -0.25) is 23.9 Å². The summed E-state index contributed by atoms with van der Waals surface area (Å²) in [6, 6.07) is 8.77. The summed E-state index contributed by atoms with van der Waals surface area (Å²) in [5.74, 6) is 1.06. The van der Waals surface area contributed by atoms with E-state index in [1.54, 1.807) is 36.9 Å². The second kappa shape index (κ2) is 9.28. The molecule has 0 aliphatic carbocycles. The van der Waals surface area contributed by atoms with Crippen LogP contribution in [0, 0.1) is 13.8 Å². The van der Waals surface area contributed by atoms with E-state index >= 15 is 0 Å². The molecule has 0 spiro atoms. The van der Waals surface area contributed by atoms with Gasteiger partial charge in [0.15, 0.2) is 0 Å². The third-order valence-corrected chi connectivity index (χ3v) is 6.74. The van der Waals surface area contributed by atoms with Gasteiger partial charge in [0.2, 0.25) is 5.91 Å². The third kappa shape index (κ3) is 4.27. The number of piperazine rings is 1. The average molecular weight is 474 g/mol. The van der Waals surface area contributed by atoms with Crippen LogP contribution >= 0.6 is 0 Å². The Bertz CT molecular complexity index is 1260. The lowest BCUT2D eigenvalue weighted by molar-refractivity contribution is -0.131. The van der Waals surface area contributed by atoms with Crippen molar-refractivity contribution in [2.75, 3.05) is 37.6 Å². The van der Waals surface area contributed by atoms with Crippen molar-refractivity contribution < 1.29 is 14.4 Å². The third-order valence-electron chi connectivity index (χ3n) is 6.74. The molecule has 3 amide bonds. The fourth-order valence-electron chi connectivity index (χ4n) is 4.55. The van der Waals surface area contributed by atoms with Crippen LogP contribution in [0.5, 0.6) is 0 Å². The van der Waals surface area contributed by atoms with Crippen molar-refractivity contribution in [1.29, 1.82) is 0 Å². The molecule has 1 aromatic carbocycles. The van der Waals surface area contributed by atoms with Gasteiger partial charge in [0, 0.05) is 50.9 Å². The van der Waals surface area contributed by atoms with E-state index in [1.165, 1.54) is 4.90 Å². The molecule has 0 N–H and O–H groups in total. The van der Waals surface area contributed by atoms with Crippen LogP contribution in [0.15, 0.2) is 43.0 Å². The van der Waals surface area contributed by atoms with Gasteiger partial charge in [-0.05, 0) is 32.4 Å². The highest BCUT2D eigenvalue weighted by molar-refractivity contribution is 6.21. The quantitative estimate of drug-likeness (QED) is 0.504. The SMILES string of the molecule is Cc1ncn(-c2cc(N3CCN(C(=O)CCCN4C(=O)c5ccccc5C4=O)CC3)ncn2)c1C. The fourth-order valence-corrected chi connectivity index (χ4v) is 4.55. The summed E-state index contributed by atoms with van der Waals surface area (Å²) in [6.45, 7) is 6.73. The first-order chi connectivity index (χ1) is 16.9. The smallest absolute Gasteiger partial charge is 0.261 e. The molecule has 4 heterocycles. The van der Waals surface area contributed by atoms with Crippen molar-refractivity contribution >= 4 is 23.5 Å². The summed E-state index contributed by atoms with van der Waals surface area (Å²) in [7, 11) is 0. The number of hydrogen-bond acceptors (Lipinski definition) is 7. The van der Waals surface area contributed by atoms with Crippen LogP contribution < -0.4 is 4.90 Å². The van der Waals surface area contributed by atoms with Crippen molar-refractivity contribution in [2.45, 2.75) is 26.7 Å². The molecule has 0 unspecified atom stereocenters. The molecule has 3 aromatic rings. The number of hydrogen-bond donors (Lipinski definition) is 0. The van der Waals surface area contributed by atoms with E-state index < -0.39 is 0 Å². The summed E-state index contributed by atoms with van der Waals surface area (Å²) in [6.07, 6.45) is 4.05. The molecule has 0 atom stereocenters. The number of nitrogens with zero attached hydrogens (tertiary/aromatic N) is 7. The zero-order valence-corrected chi connectivity index (χ0v) is 19.8. The largest absolute Gasteiger partial charge is 0.353 e. The molecule has 0 saturated carbocycles. The van der Waals surface area contributed by atoms with Gasteiger partial charge < -0.3 is 9.80 Å². The van der Waals surface area contributed by atoms with Crippen molar-refractivity contribution in [1.82, 2.24) is 29.3 Å². The van der Waals surface area contributed by atoms with Gasteiger partial charge in [0.25, 0.3) is 11.8 Å². The van der Waals surface area contributed by atoms with E-state index in [9.17, 15) is 14.4 Å². The zero-order valence-electron chi connectivity index (χ0n) is 19.8. The number of benzene rings is 1. The maximum Gasteiger partial charge on any atom is 0.261 e. The number of aryl methyl sites for hydroxylation is 1. The minimum absolute atomic E-state index is 0.0363. The highest BCUT2D eigenvalue weighted by Gasteiger charge is 2.34. The number of imide groups is 1. The van der Waals surface area contributed by atoms with Gasteiger partial charge in [0.1, 0.15) is 24.3 Å². The van der Waals surface area contributed by atoms with E-state index in [0.717, 1.165) is 23.0 Å². The normalized spacial score (nSPS) is 15.7. The topological polar surface area (TPSA) is 105 Å². The number of aromatic nitrogens is 4. The van der Waals surface area contributed by atoms with Gasteiger partial charge in [-0.1, -0.05) is 12.1 Å². The minimum atomic E-state index is -0.281. The Morgan fingerprint density at radius 1 is 0.914 bits per heavy atom. The first-order valence-corrected chi connectivity index (χ1v) is 11.7. The molecule has 0 radical (unpaired) electrons. The number of carbonyl (C=O) groups excluding carboxylic acids is 3. The molecule has 1 saturated heterocycles. The van der Waals surface area contributed by atoms with Crippen LogP contribution in [0.1, 0.15) is 44.9 Å². The predicted octanol–water partition coefficient (Wildman–Crippen LogP) is 2.00. The van der Waals surface area contributed by atoms with Gasteiger partial charge in [-0.25, -0.2) is 15.0 Å². The van der Waals surface area contributed by atoms with Crippen molar-refractivity contribution in [3.05, 3.63) is 65.5 Å². The summed E-state index contributed by atoms with van der Waals surface area (Å²) in [5, 5.41) is 0. The molecule has 180 valence electrons. The molecule has 1 fully saturated rings. The Morgan fingerprint density at radius 2 is 1.57 bits per heavy atom. The summed E-state index contributed by atoms with van der Waals surface area (Å²) in [4.78, 5) is 56.1. The van der Waals surface area contributed by atoms with E-state index in [4.69, 9.17) is 0 Å². The first-order valence-electron chi connectivity index (χ1n) is 11.7. The van der Waals surface area contributed by atoms with E-state index in [0.29, 0.717) is 50.1 Å². The molecule has 5 rings (SSSR count). The van der Waals surface area contributed by atoms with Gasteiger partial charge in [-0.15, -0.1) is 0 Å². The Hall–Kier alpha value is -4.08. The molecule has 2 aromatic heterocycles. The van der Waals surface area contributed by atoms with Gasteiger partial charge >= 0.3 is 0 Å². The maximum absolute atomic E-state index is 12.8. The van der Waals surface area contributed by atoms with Crippen LogP contribution in [-0.4, -0.2) is 79.8 Å². The summed E-state index contributed by atoms with van der Waals surface area (Å²) >= 11 is 0. The van der Waals surface area contributed by atoms with Crippen LogP contribution in [0.2, 0.25) is 0 Å². The Morgan fingerprint density at radius 3 is 2.20 bits per heavy atom. The lowest BCUT2D eigenvalue weighted by Gasteiger charge is -2.35. The van der Waals surface area contributed by atoms with Crippen LogP contribution in [0.4, 0.5) is 5.82 Å². The Balaban J connectivity index is 1.13. The summed E-state index contributed by atoms with van der Waals surface area (Å²) in [5.41, 5.74) is 2.86. The van der Waals surface area contributed by atoms with Gasteiger partial charge in [-0.2, -0.15) is 0 Å². The lowest BCUT2D eigenvalue weighted by atomic mass is 10.1. The van der Waals surface area contributed by atoms with E-state index in [1.807, 2.05) is 29.4 Å².